The summed E-state index contributed by atoms with van der Waals surface area (Å²) in [5, 5.41) is 11.1. The molecule has 0 aliphatic carbocycles. The number of Topliss-reactive ketones (excluding diaryl/α,β-unsaturated/α-hetero) is 1. The maximum atomic E-state index is 12.6. The Hall–Kier alpha value is -2.06. The molecular weight excluding hydrogens is 356 g/mol. The first-order chi connectivity index (χ1) is 12.3. The van der Waals surface area contributed by atoms with Crippen molar-refractivity contribution in [2.75, 3.05) is 38.0 Å². The Morgan fingerprint density at radius 3 is 2.73 bits per heavy atom. The predicted molar refractivity (Wildman–Crippen MR) is 97.2 cm³/mol. The van der Waals surface area contributed by atoms with Gasteiger partial charge < -0.3 is 0 Å². The van der Waals surface area contributed by atoms with E-state index < -0.39 is 15.7 Å². The van der Waals surface area contributed by atoms with Crippen molar-refractivity contribution < 1.29 is 13.2 Å². The third-order valence-corrected chi connectivity index (χ3v) is 6.26. The van der Waals surface area contributed by atoms with Gasteiger partial charge >= 0.3 is 10.2 Å². The Labute approximate surface area is 154 Å². The average molecular weight is 380 g/mol. The molecule has 0 bridgehead atoms. The molecule has 26 heavy (non-hydrogen) atoms. The molecule has 1 fully saturated rings. The summed E-state index contributed by atoms with van der Waals surface area (Å²) in [5.74, 6) is 0.0926. The summed E-state index contributed by atoms with van der Waals surface area (Å²) in [6.07, 6.45) is 2.71. The number of carbonyl (C=O) groups is 1. The van der Waals surface area contributed by atoms with Crippen molar-refractivity contribution in [1.29, 1.82) is 5.26 Å². The molecule has 9 nitrogen and oxygen atoms in total. The summed E-state index contributed by atoms with van der Waals surface area (Å²) in [7, 11) is -0.817. The zero-order chi connectivity index (χ0) is 19.4. The fraction of sp³-hybridized carbons (Fsp3) is 0.562. The SMILES string of the molecule is CC(=O)C1(C#N)CCCN1NCCN(c1ccccn1)S(=O)(=O)N(C)C. The number of hydrazine groups is 1. The third-order valence-electron chi connectivity index (χ3n) is 4.41. The minimum atomic E-state index is -3.72. The molecule has 1 aliphatic heterocycles. The summed E-state index contributed by atoms with van der Waals surface area (Å²) < 4.78 is 27.5. The fourth-order valence-electron chi connectivity index (χ4n) is 2.93. The van der Waals surface area contributed by atoms with E-state index in [9.17, 15) is 18.5 Å². The number of nitriles is 1. The topological polar surface area (TPSA) is 110 Å². The van der Waals surface area contributed by atoms with Crippen molar-refractivity contribution in [3.8, 4) is 6.07 Å². The molecule has 10 heteroatoms. The molecule has 1 unspecified atom stereocenters. The van der Waals surface area contributed by atoms with Crippen LogP contribution >= 0.6 is 0 Å². The van der Waals surface area contributed by atoms with Crippen molar-refractivity contribution in [1.82, 2.24) is 19.7 Å². The molecule has 2 rings (SSSR count). The van der Waals surface area contributed by atoms with E-state index in [2.05, 4.69) is 16.5 Å². The van der Waals surface area contributed by atoms with Gasteiger partial charge in [-0.3, -0.25) is 10.2 Å². The van der Waals surface area contributed by atoms with Crippen LogP contribution in [0.5, 0.6) is 0 Å². The predicted octanol–water partition coefficient (Wildman–Crippen LogP) is 0.146. The number of ketones is 1. The lowest BCUT2D eigenvalue weighted by Gasteiger charge is -2.32. The van der Waals surface area contributed by atoms with Crippen molar-refractivity contribution in [3.05, 3.63) is 24.4 Å². The van der Waals surface area contributed by atoms with Crippen LogP contribution in [0.3, 0.4) is 0 Å². The van der Waals surface area contributed by atoms with E-state index in [1.807, 2.05) is 0 Å². The lowest BCUT2D eigenvalue weighted by atomic mass is 9.94. The number of rotatable bonds is 8. The van der Waals surface area contributed by atoms with Gasteiger partial charge in [-0.05, 0) is 31.9 Å². The van der Waals surface area contributed by atoms with Crippen LogP contribution in [0.25, 0.3) is 0 Å². The standard InChI is InChI=1S/C16H24N6O3S/c1-14(23)16(13-17)8-6-11-22(16)19-10-12-21(26(24,25)20(2)3)15-7-4-5-9-18-15/h4-5,7,9,19H,6,8,10-12H2,1-3H3. The summed E-state index contributed by atoms with van der Waals surface area (Å²) in [6, 6.07) is 7.15. The molecule has 1 aromatic rings. The molecule has 0 aromatic carbocycles. The second kappa shape index (κ2) is 8.09. The highest BCUT2D eigenvalue weighted by molar-refractivity contribution is 7.90. The van der Waals surface area contributed by atoms with Crippen molar-refractivity contribution in [2.45, 2.75) is 25.3 Å². The second-order valence-corrected chi connectivity index (χ2v) is 8.31. The van der Waals surface area contributed by atoms with Gasteiger partial charge in [0.25, 0.3) is 0 Å². The molecule has 1 N–H and O–H groups in total. The van der Waals surface area contributed by atoms with Gasteiger partial charge in [-0.2, -0.15) is 18.0 Å². The van der Waals surface area contributed by atoms with Crippen molar-refractivity contribution in [2.24, 2.45) is 0 Å². The summed E-state index contributed by atoms with van der Waals surface area (Å²) in [5.41, 5.74) is 1.87. The van der Waals surface area contributed by atoms with Gasteiger partial charge in [-0.1, -0.05) is 6.07 Å². The van der Waals surface area contributed by atoms with E-state index in [0.29, 0.717) is 18.8 Å². The summed E-state index contributed by atoms with van der Waals surface area (Å²) in [4.78, 5) is 16.1. The van der Waals surface area contributed by atoms with Gasteiger partial charge in [0.05, 0.1) is 12.6 Å². The lowest BCUT2D eigenvalue weighted by Crippen LogP contribution is -2.56. The first-order valence-corrected chi connectivity index (χ1v) is 9.70. The van der Waals surface area contributed by atoms with E-state index in [4.69, 9.17) is 0 Å². The van der Waals surface area contributed by atoms with Gasteiger partial charge in [0, 0.05) is 33.4 Å². The Kier molecular flexibility index (Phi) is 6.30. The highest BCUT2D eigenvalue weighted by Crippen LogP contribution is 2.27. The number of anilines is 1. The summed E-state index contributed by atoms with van der Waals surface area (Å²) >= 11 is 0. The van der Waals surface area contributed by atoms with Crippen LogP contribution in [0.4, 0.5) is 5.82 Å². The molecular formula is C16H24N6O3S. The largest absolute Gasteiger partial charge is 0.304 e. The van der Waals surface area contributed by atoms with E-state index in [1.54, 1.807) is 23.2 Å². The Morgan fingerprint density at radius 2 is 2.19 bits per heavy atom. The van der Waals surface area contributed by atoms with Crippen LogP contribution in [0.2, 0.25) is 0 Å². The number of pyridine rings is 1. The van der Waals surface area contributed by atoms with Crippen LogP contribution in [0, 0.1) is 11.3 Å². The monoisotopic (exact) mass is 380 g/mol. The highest BCUT2D eigenvalue weighted by Gasteiger charge is 2.45. The number of carbonyl (C=O) groups excluding carboxylic acids is 1. The number of aromatic nitrogens is 1. The molecule has 0 saturated carbocycles. The van der Waals surface area contributed by atoms with Crippen molar-refractivity contribution in [3.63, 3.8) is 0 Å². The molecule has 2 heterocycles. The maximum absolute atomic E-state index is 12.6. The third kappa shape index (κ3) is 3.86. The maximum Gasteiger partial charge on any atom is 0.304 e. The molecule has 142 valence electrons. The van der Waals surface area contributed by atoms with Gasteiger partial charge in [-0.25, -0.2) is 14.3 Å². The molecule has 1 atom stereocenters. The highest BCUT2D eigenvalue weighted by atomic mass is 32.2. The lowest BCUT2D eigenvalue weighted by molar-refractivity contribution is -0.125. The molecule has 0 radical (unpaired) electrons. The van der Waals surface area contributed by atoms with Gasteiger partial charge in [-0.15, -0.1) is 0 Å². The van der Waals surface area contributed by atoms with E-state index in [-0.39, 0.29) is 18.9 Å². The second-order valence-electron chi connectivity index (χ2n) is 6.24. The molecule has 0 amide bonds. The molecule has 1 saturated heterocycles. The van der Waals surface area contributed by atoms with Crippen LogP contribution in [0.1, 0.15) is 19.8 Å². The number of nitrogens with zero attached hydrogens (tertiary/aromatic N) is 5. The van der Waals surface area contributed by atoms with E-state index in [0.717, 1.165) is 10.7 Å². The van der Waals surface area contributed by atoms with E-state index in [1.165, 1.54) is 31.5 Å². The van der Waals surface area contributed by atoms with Crippen LogP contribution in [-0.4, -0.2) is 67.8 Å². The molecule has 1 aliphatic rings. The molecule has 1 aromatic heterocycles. The first kappa shape index (κ1) is 20.3. The Balaban J connectivity index is 2.14. The Morgan fingerprint density at radius 1 is 1.46 bits per heavy atom. The van der Waals surface area contributed by atoms with Crippen molar-refractivity contribution >= 4 is 21.8 Å². The van der Waals surface area contributed by atoms with Gasteiger partial charge in [0.1, 0.15) is 5.82 Å². The quantitative estimate of drug-likeness (QED) is 0.683. The number of hydrogen-bond donors (Lipinski definition) is 1. The van der Waals surface area contributed by atoms with Crippen LogP contribution in [0.15, 0.2) is 24.4 Å². The zero-order valence-electron chi connectivity index (χ0n) is 15.2. The first-order valence-electron chi connectivity index (χ1n) is 8.30. The van der Waals surface area contributed by atoms with Crippen LogP contribution < -0.4 is 9.73 Å². The zero-order valence-corrected chi connectivity index (χ0v) is 16.0. The normalized spacial score (nSPS) is 20.9. The minimum Gasteiger partial charge on any atom is -0.297 e. The fourth-order valence-corrected chi connectivity index (χ4v) is 3.99. The van der Waals surface area contributed by atoms with Crippen LogP contribution in [-0.2, 0) is 15.0 Å². The van der Waals surface area contributed by atoms with Gasteiger partial charge in [0.2, 0.25) is 0 Å². The van der Waals surface area contributed by atoms with Gasteiger partial charge in [0.15, 0.2) is 11.3 Å². The Bertz CT molecular complexity index is 777. The summed E-state index contributed by atoms with van der Waals surface area (Å²) in [6.45, 7) is 2.30. The minimum absolute atomic E-state index is 0.105. The smallest absolute Gasteiger partial charge is 0.297 e. The molecule has 0 spiro atoms. The number of hydrogen-bond acceptors (Lipinski definition) is 7. The average Bonchev–Trinajstić information content (AvgIpc) is 3.03. The number of nitrogens with one attached hydrogen (secondary N) is 1. The van der Waals surface area contributed by atoms with E-state index >= 15 is 0 Å².